The highest BCUT2D eigenvalue weighted by Gasteiger charge is 2.23. The number of nitrogens with two attached hydrogens (primary N) is 1. The molecular formula is C14H21N3O2. The zero-order valence-electron chi connectivity index (χ0n) is 11.9. The molecule has 0 fully saturated rings. The van der Waals surface area contributed by atoms with Gasteiger partial charge in [0, 0.05) is 12.1 Å². The van der Waals surface area contributed by atoms with Crippen molar-refractivity contribution in [3.63, 3.8) is 0 Å². The molecule has 5 heteroatoms. The fourth-order valence-electron chi connectivity index (χ4n) is 2.35. The highest BCUT2D eigenvalue weighted by Crippen LogP contribution is 2.31. The van der Waals surface area contributed by atoms with Crippen molar-refractivity contribution < 1.29 is 9.15 Å². The third kappa shape index (κ3) is 2.51. The fraction of sp³-hybridized carbons (Fsp3) is 0.500. The van der Waals surface area contributed by atoms with Gasteiger partial charge in [0.2, 0.25) is 0 Å². The minimum absolute atomic E-state index is 0.290. The maximum atomic E-state index is 6.38. The molecule has 0 radical (unpaired) electrons. The highest BCUT2D eigenvalue weighted by molar-refractivity contribution is 5.37. The number of rotatable bonds is 5. The lowest BCUT2D eigenvalue weighted by atomic mass is 10.0. The van der Waals surface area contributed by atoms with Crippen LogP contribution in [0.4, 0.5) is 0 Å². The number of methoxy groups -OCH3 is 1. The second kappa shape index (κ2) is 5.48. The first kappa shape index (κ1) is 13.7. The van der Waals surface area contributed by atoms with Crippen LogP contribution in [-0.4, -0.2) is 16.9 Å². The van der Waals surface area contributed by atoms with Crippen LogP contribution in [0.2, 0.25) is 0 Å². The second-order valence-electron chi connectivity index (χ2n) is 4.67. The lowest BCUT2D eigenvalue weighted by Gasteiger charge is -2.15. The standard InChI is InChI=1S/C14H21N3O2/c1-5-6-17-14(12(18-4)8-16-17)13(15)11-7-9(2)19-10(11)3/h7-8,13H,5-6,15H2,1-4H3. The Hall–Kier alpha value is -1.75. The van der Waals surface area contributed by atoms with Gasteiger partial charge in [0.25, 0.3) is 0 Å². The number of nitrogens with zero attached hydrogens (tertiary/aromatic N) is 2. The molecule has 0 saturated heterocycles. The second-order valence-corrected chi connectivity index (χ2v) is 4.67. The van der Waals surface area contributed by atoms with E-state index in [1.54, 1.807) is 13.3 Å². The first-order chi connectivity index (χ1) is 9.08. The molecule has 0 aliphatic heterocycles. The molecule has 2 aromatic heterocycles. The summed E-state index contributed by atoms with van der Waals surface area (Å²) in [5.41, 5.74) is 8.26. The van der Waals surface area contributed by atoms with Crippen LogP contribution in [0, 0.1) is 13.8 Å². The zero-order valence-corrected chi connectivity index (χ0v) is 11.9. The summed E-state index contributed by atoms with van der Waals surface area (Å²) in [5.74, 6) is 2.43. The van der Waals surface area contributed by atoms with Crippen LogP contribution >= 0.6 is 0 Å². The molecule has 104 valence electrons. The Labute approximate surface area is 113 Å². The zero-order chi connectivity index (χ0) is 14.0. The van der Waals surface area contributed by atoms with Gasteiger partial charge in [0.1, 0.15) is 17.2 Å². The van der Waals surface area contributed by atoms with Crippen molar-refractivity contribution in [2.75, 3.05) is 7.11 Å². The van der Waals surface area contributed by atoms with Gasteiger partial charge in [-0.2, -0.15) is 5.10 Å². The molecule has 0 saturated carbocycles. The first-order valence-corrected chi connectivity index (χ1v) is 6.50. The van der Waals surface area contributed by atoms with E-state index in [4.69, 9.17) is 14.9 Å². The maximum absolute atomic E-state index is 6.38. The molecule has 0 aliphatic rings. The largest absolute Gasteiger partial charge is 0.493 e. The van der Waals surface area contributed by atoms with Crippen molar-refractivity contribution in [3.05, 3.63) is 35.0 Å². The van der Waals surface area contributed by atoms with Crippen molar-refractivity contribution in [1.82, 2.24) is 9.78 Å². The van der Waals surface area contributed by atoms with Crippen LogP contribution in [0.15, 0.2) is 16.7 Å². The van der Waals surface area contributed by atoms with Crippen molar-refractivity contribution in [1.29, 1.82) is 0 Å². The van der Waals surface area contributed by atoms with E-state index in [1.807, 2.05) is 24.6 Å². The van der Waals surface area contributed by atoms with Gasteiger partial charge < -0.3 is 14.9 Å². The Morgan fingerprint density at radius 3 is 2.74 bits per heavy atom. The summed E-state index contributed by atoms with van der Waals surface area (Å²) in [6, 6.07) is 1.68. The van der Waals surface area contributed by atoms with E-state index in [2.05, 4.69) is 12.0 Å². The van der Waals surface area contributed by atoms with E-state index in [9.17, 15) is 0 Å². The van der Waals surface area contributed by atoms with Gasteiger partial charge in [0.05, 0.1) is 19.3 Å². The lowest BCUT2D eigenvalue weighted by molar-refractivity contribution is 0.403. The molecule has 2 heterocycles. The van der Waals surface area contributed by atoms with E-state index in [1.165, 1.54) is 0 Å². The smallest absolute Gasteiger partial charge is 0.161 e. The van der Waals surface area contributed by atoms with Gasteiger partial charge in [-0.25, -0.2) is 0 Å². The van der Waals surface area contributed by atoms with Crippen molar-refractivity contribution >= 4 is 0 Å². The third-order valence-electron chi connectivity index (χ3n) is 3.21. The molecule has 0 bridgehead atoms. The van der Waals surface area contributed by atoms with Gasteiger partial charge in [-0.3, -0.25) is 4.68 Å². The van der Waals surface area contributed by atoms with Crippen molar-refractivity contribution in [2.45, 2.75) is 39.8 Å². The molecule has 0 aromatic carbocycles. The Bertz CT molecular complexity index is 557. The molecule has 0 spiro atoms. The summed E-state index contributed by atoms with van der Waals surface area (Å²) < 4.78 is 12.8. The van der Waals surface area contributed by atoms with Crippen LogP contribution < -0.4 is 10.5 Å². The minimum Gasteiger partial charge on any atom is -0.493 e. The van der Waals surface area contributed by atoms with Gasteiger partial charge >= 0.3 is 0 Å². The summed E-state index contributed by atoms with van der Waals surface area (Å²) >= 11 is 0. The fourth-order valence-corrected chi connectivity index (χ4v) is 2.35. The summed E-state index contributed by atoms with van der Waals surface area (Å²) in [5, 5.41) is 4.34. The number of hydrogen-bond acceptors (Lipinski definition) is 4. The average molecular weight is 263 g/mol. The predicted molar refractivity (Wildman–Crippen MR) is 73.3 cm³/mol. The molecule has 1 unspecified atom stereocenters. The summed E-state index contributed by atoms with van der Waals surface area (Å²) in [6.07, 6.45) is 2.71. The van der Waals surface area contributed by atoms with Gasteiger partial charge in [-0.1, -0.05) is 6.92 Å². The van der Waals surface area contributed by atoms with E-state index in [-0.39, 0.29) is 6.04 Å². The number of aryl methyl sites for hydroxylation is 3. The molecule has 0 aliphatic carbocycles. The molecular weight excluding hydrogens is 242 g/mol. The van der Waals surface area contributed by atoms with Crippen LogP contribution in [0.25, 0.3) is 0 Å². The summed E-state index contributed by atoms with van der Waals surface area (Å²) in [7, 11) is 1.64. The monoisotopic (exact) mass is 263 g/mol. The normalized spacial score (nSPS) is 12.7. The SMILES string of the molecule is CCCn1ncc(OC)c1C(N)c1cc(C)oc1C. The number of ether oxygens (including phenoxy) is 1. The summed E-state index contributed by atoms with van der Waals surface area (Å²) in [6.45, 7) is 6.78. The minimum atomic E-state index is -0.290. The molecule has 5 nitrogen and oxygen atoms in total. The maximum Gasteiger partial charge on any atom is 0.161 e. The summed E-state index contributed by atoms with van der Waals surface area (Å²) in [4.78, 5) is 0. The number of aromatic nitrogens is 2. The third-order valence-corrected chi connectivity index (χ3v) is 3.21. The molecule has 2 aromatic rings. The van der Waals surface area contributed by atoms with Gasteiger partial charge in [0.15, 0.2) is 5.75 Å². The van der Waals surface area contributed by atoms with Crippen LogP contribution in [-0.2, 0) is 6.54 Å². The quantitative estimate of drug-likeness (QED) is 0.900. The Morgan fingerprint density at radius 2 is 2.21 bits per heavy atom. The molecule has 1 atom stereocenters. The lowest BCUT2D eigenvalue weighted by Crippen LogP contribution is -2.18. The Balaban J connectivity index is 2.44. The average Bonchev–Trinajstić information content (AvgIpc) is 2.92. The van der Waals surface area contributed by atoms with Crippen LogP contribution in [0.5, 0.6) is 5.75 Å². The van der Waals surface area contributed by atoms with Crippen molar-refractivity contribution in [2.24, 2.45) is 5.73 Å². The molecule has 0 amide bonds. The molecule has 19 heavy (non-hydrogen) atoms. The van der Waals surface area contributed by atoms with E-state index >= 15 is 0 Å². The van der Waals surface area contributed by atoms with E-state index in [0.717, 1.165) is 41.5 Å². The predicted octanol–water partition coefficient (Wildman–Crippen LogP) is 2.56. The Morgan fingerprint density at radius 1 is 1.47 bits per heavy atom. The van der Waals surface area contributed by atoms with Gasteiger partial charge in [-0.05, 0) is 26.3 Å². The number of furan rings is 1. The number of hydrogen-bond donors (Lipinski definition) is 1. The molecule has 2 N–H and O–H groups in total. The van der Waals surface area contributed by atoms with Crippen molar-refractivity contribution in [3.8, 4) is 5.75 Å². The van der Waals surface area contributed by atoms with Crippen LogP contribution in [0.1, 0.15) is 42.2 Å². The van der Waals surface area contributed by atoms with E-state index in [0.29, 0.717) is 0 Å². The highest BCUT2D eigenvalue weighted by atomic mass is 16.5. The topological polar surface area (TPSA) is 66.2 Å². The first-order valence-electron chi connectivity index (χ1n) is 6.50. The molecule has 2 rings (SSSR count). The Kier molecular flexibility index (Phi) is 3.95. The van der Waals surface area contributed by atoms with Crippen LogP contribution in [0.3, 0.4) is 0 Å². The van der Waals surface area contributed by atoms with E-state index < -0.39 is 0 Å². The van der Waals surface area contributed by atoms with Gasteiger partial charge in [-0.15, -0.1) is 0 Å².